The van der Waals surface area contributed by atoms with Gasteiger partial charge in [0.15, 0.2) is 11.6 Å². The summed E-state index contributed by atoms with van der Waals surface area (Å²) in [5, 5.41) is 7.10. The highest BCUT2D eigenvalue weighted by Crippen LogP contribution is 2.28. The lowest BCUT2D eigenvalue weighted by Crippen LogP contribution is -2.29. The van der Waals surface area contributed by atoms with Crippen LogP contribution in [0.3, 0.4) is 0 Å². The molecule has 2 aromatic carbocycles. The van der Waals surface area contributed by atoms with Crippen LogP contribution in [0.2, 0.25) is 0 Å². The molecule has 0 radical (unpaired) electrons. The van der Waals surface area contributed by atoms with Crippen molar-refractivity contribution in [2.24, 2.45) is 0 Å². The minimum absolute atomic E-state index is 0.113. The van der Waals surface area contributed by atoms with Gasteiger partial charge in [0.25, 0.3) is 11.5 Å². The van der Waals surface area contributed by atoms with Gasteiger partial charge in [-0.15, -0.1) is 0 Å². The van der Waals surface area contributed by atoms with Crippen molar-refractivity contribution in [3.63, 3.8) is 0 Å². The fraction of sp³-hybridized carbons (Fsp3) is 0.240. The van der Waals surface area contributed by atoms with Crippen molar-refractivity contribution in [1.29, 1.82) is 0 Å². The van der Waals surface area contributed by atoms with Gasteiger partial charge in [0, 0.05) is 19.2 Å². The first-order chi connectivity index (χ1) is 16.7. The van der Waals surface area contributed by atoms with Gasteiger partial charge in [-0.05, 0) is 43.2 Å². The van der Waals surface area contributed by atoms with E-state index < -0.39 is 5.91 Å². The van der Waals surface area contributed by atoms with E-state index in [0.717, 1.165) is 31.4 Å². The molecular weight excluding hydrogens is 432 g/mol. The van der Waals surface area contributed by atoms with Crippen molar-refractivity contribution < 1.29 is 9.53 Å². The molecule has 1 saturated heterocycles. The molecule has 0 unspecified atom stereocenters. The van der Waals surface area contributed by atoms with Gasteiger partial charge in [-0.25, -0.2) is 14.6 Å². The summed E-state index contributed by atoms with van der Waals surface area (Å²) < 4.78 is 6.88. The zero-order valence-electron chi connectivity index (χ0n) is 18.6. The lowest BCUT2D eigenvalue weighted by atomic mass is 10.3. The Hall–Kier alpha value is -4.27. The first-order valence-electron chi connectivity index (χ1n) is 11.3. The molecule has 34 heavy (non-hydrogen) atoms. The second kappa shape index (κ2) is 9.70. The Kier molecular flexibility index (Phi) is 6.15. The fourth-order valence-electron chi connectivity index (χ4n) is 3.89. The smallest absolute Gasteiger partial charge is 0.277 e. The molecule has 1 amide bonds. The van der Waals surface area contributed by atoms with Crippen LogP contribution in [0.25, 0.3) is 11.0 Å². The number of hydrogen-bond acceptors (Lipinski definition) is 7. The second-order valence-corrected chi connectivity index (χ2v) is 7.97. The summed E-state index contributed by atoms with van der Waals surface area (Å²) >= 11 is 0. The summed E-state index contributed by atoms with van der Waals surface area (Å²) in [6.07, 6.45) is 2.14. The van der Waals surface area contributed by atoms with Crippen LogP contribution in [-0.2, 0) is 6.54 Å². The molecule has 9 heteroatoms. The maximum Gasteiger partial charge on any atom is 0.277 e. The highest BCUT2D eigenvalue weighted by atomic mass is 16.5. The maximum atomic E-state index is 13.1. The van der Waals surface area contributed by atoms with Crippen LogP contribution in [-0.4, -0.2) is 45.4 Å². The third-order valence-corrected chi connectivity index (χ3v) is 5.60. The molecule has 1 fully saturated rings. The van der Waals surface area contributed by atoms with Crippen molar-refractivity contribution in [3.05, 3.63) is 82.8 Å². The Labute approximate surface area is 196 Å². The summed E-state index contributed by atoms with van der Waals surface area (Å²) in [5.74, 6) is 1.28. The second-order valence-electron chi connectivity index (χ2n) is 7.97. The quantitative estimate of drug-likeness (QED) is 0.456. The number of aromatic nitrogens is 4. The Morgan fingerprint density at radius 3 is 2.38 bits per heavy atom. The molecule has 0 atom stereocenters. The molecule has 5 rings (SSSR count). The zero-order chi connectivity index (χ0) is 23.3. The number of anilines is 2. The lowest BCUT2D eigenvalue weighted by Gasteiger charge is -2.20. The number of nitrogens with zero attached hydrogens (tertiary/aromatic N) is 5. The predicted molar refractivity (Wildman–Crippen MR) is 129 cm³/mol. The number of benzene rings is 2. The van der Waals surface area contributed by atoms with Crippen LogP contribution in [0.4, 0.5) is 11.6 Å². The number of nitrogens with one attached hydrogen (secondary N) is 1. The number of ether oxygens (including phenoxy) is 1. The van der Waals surface area contributed by atoms with Gasteiger partial charge < -0.3 is 15.0 Å². The largest absolute Gasteiger partial charge is 0.492 e. The van der Waals surface area contributed by atoms with Crippen LogP contribution in [0, 0.1) is 0 Å². The number of para-hydroxylation sites is 3. The highest BCUT2D eigenvalue weighted by molar-refractivity contribution is 6.04. The molecule has 3 heterocycles. The number of fused-ring (bicyclic) bond motifs is 1. The molecule has 2 aromatic heterocycles. The predicted octanol–water partition coefficient (Wildman–Crippen LogP) is 3.12. The highest BCUT2D eigenvalue weighted by Gasteiger charge is 2.21. The molecule has 9 nitrogen and oxygen atoms in total. The summed E-state index contributed by atoms with van der Waals surface area (Å²) in [5.41, 5.74) is 1.27. The van der Waals surface area contributed by atoms with Crippen LogP contribution in [0.1, 0.15) is 23.3 Å². The number of hydrogen-bond donors (Lipinski definition) is 1. The third kappa shape index (κ3) is 4.73. The molecule has 0 saturated carbocycles. The first kappa shape index (κ1) is 21.6. The minimum atomic E-state index is -0.456. The van der Waals surface area contributed by atoms with Crippen LogP contribution in [0.5, 0.6) is 5.75 Å². The van der Waals surface area contributed by atoms with Gasteiger partial charge in [-0.2, -0.15) is 5.10 Å². The first-order valence-corrected chi connectivity index (χ1v) is 11.3. The van der Waals surface area contributed by atoms with E-state index in [4.69, 9.17) is 9.72 Å². The Balaban J connectivity index is 1.36. The van der Waals surface area contributed by atoms with Crippen molar-refractivity contribution in [3.8, 4) is 5.75 Å². The van der Waals surface area contributed by atoms with E-state index in [1.165, 1.54) is 16.8 Å². The normalized spacial score (nSPS) is 13.2. The average Bonchev–Trinajstić information content (AvgIpc) is 3.40. The fourth-order valence-corrected chi connectivity index (χ4v) is 3.89. The Morgan fingerprint density at radius 1 is 0.912 bits per heavy atom. The van der Waals surface area contributed by atoms with Gasteiger partial charge >= 0.3 is 0 Å². The number of carbonyl (C=O) groups is 1. The van der Waals surface area contributed by atoms with Crippen molar-refractivity contribution in [2.75, 3.05) is 29.9 Å². The lowest BCUT2D eigenvalue weighted by molar-refractivity contribution is 0.101. The maximum absolute atomic E-state index is 13.1. The molecule has 0 spiro atoms. The molecule has 172 valence electrons. The van der Waals surface area contributed by atoms with Gasteiger partial charge in [-0.1, -0.05) is 30.3 Å². The van der Waals surface area contributed by atoms with E-state index in [-0.39, 0.29) is 24.4 Å². The van der Waals surface area contributed by atoms with E-state index in [1.807, 2.05) is 54.6 Å². The average molecular weight is 457 g/mol. The number of amides is 1. The summed E-state index contributed by atoms with van der Waals surface area (Å²) in [6.45, 7) is 2.18. The zero-order valence-corrected chi connectivity index (χ0v) is 18.6. The molecule has 0 bridgehead atoms. The minimum Gasteiger partial charge on any atom is -0.492 e. The van der Waals surface area contributed by atoms with Crippen molar-refractivity contribution in [2.45, 2.75) is 19.4 Å². The Bertz CT molecular complexity index is 1370. The van der Waals surface area contributed by atoms with E-state index in [1.54, 1.807) is 0 Å². The third-order valence-electron chi connectivity index (χ3n) is 5.60. The summed E-state index contributed by atoms with van der Waals surface area (Å²) in [4.78, 5) is 36.9. The monoisotopic (exact) mass is 456 g/mol. The van der Waals surface area contributed by atoms with Gasteiger partial charge in [0.1, 0.15) is 18.1 Å². The van der Waals surface area contributed by atoms with Crippen LogP contribution in [0.15, 0.2) is 71.5 Å². The number of carbonyl (C=O) groups excluding carboxylic acids is 1. The van der Waals surface area contributed by atoms with E-state index in [9.17, 15) is 9.59 Å². The molecular formula is C25H24N6O3. The van der Waals surface area contributed by atoms with E-state index in [2.05, 4.69) is 20.3 Å². The van der Waals surface area contributed by atoms with E-state index in [0.29, 0.717) is 22.9 Å². The van der Waals surface area contributed by atoms with Crippen LogP contribution < -0.4 is 20.5 Å². The molecule has 1 aliphatic rings. The molecule has 4 aromatic rings. The van der Waals surface area contributed by atoms with Gasteiger partial charge in [-0.3, -0.25) is 9.59 Å². The topological polar surface area (TPSA) is 102 Å². The summed E-state index contributed by atoms with van der Waals surface area (Å²) in [7, 11) is 0. The SMILES string of the molecule is O=C(Nc1nc2ccccc2nc1N1CCCC1)c1ccc(=O)n(CCOc2ccccc2)n1. The van der Waals surface area contributed by atoms with Crippen molar-refractivity contribution in [1.82, 2.24) is 19.7 Å². The molecule has 0 aliphatic carbocycles. The van der Waals surface area contributed by atoms with Gasteiger partial charge in [0.05, 0.1) is 17.6 Å². The van der Waals surface area contributed by atoms with Gasteiger partial charge in [0.2, 0.25) is 0 Å². The number of rotatable bonds is 7. The van der Waals surface area contributed by atoms with Crippen molar-refractivity contribution >= 4 is 28.6 Å². The standard InChI is InChI=1S/C25H24N6O3/c32-22-13-12-21(29-31(22)16-17-34-18-8-2-1-3-9-18)25(33)28-23-24(30-14-6-7-15-30)27-20-11-5-4-10-19(20)26-23/h1-5,8-13H,6-7,14-17H2,(H,26,28,33). The Morgan fingerprint density at radius 2 is 1.62 bits per heavy atom. The van der Waals surface area contributed by atoms with Crippen LogP contribution >= 0.6 is 0 Å². The summed E-state index contributed by atoms with van der Waals surface area (Å²) in [6, 6.07) is 19.6. The van der Waals surface area contributed by atoms with E-state index >= 15 is 0 Å². The molecule has 1 aliphatic heterocycles. The molecule has 1 N–H and O–H groups in total.